The summed E-state index contributed by atoms with van der Waals surface area (Å²) in [5, 5.41) is 104. The molecule has 17 bridgehead atoms. The van der Waals surface area contributed by atoms with Gasteiger partial charge < -0.3 is 92.7 Å². The van der Waals surface area contributed by atoms with Crippen molar-refractivity contribution in [2.24, 2.45) is 5.73 Å². The number of hydrogen-bond acceptors (Lipinski definition) is 18. The fourth-order valence-corrected chi connectivity index (χ4v) is 11.0. The summed E-state index contributed by atoms with van der Waals surface area (Å²) in [7, 11) is 0. The van der Waals surface area contributed by atoms with Gasteiger partial charge in [0.05, 0.1) is 15.1 Å². The van der Waals surface area contributed by atoms with E-state index < -0.39 is 163 Å². The number of benzene rings is 7. The minimum Gasteiger partial charge on any atom is -0.508 e. The third kappa shape index (κ3) is 11.0. The Morgan fingerprint density at radius 2 is 1.06 bits per heavy atom. The number of phenolic OH excluding ortho intramolecular Hbond substituents is 6. The van der Waals surface area contributed by atoms with E-state index in [9.17, 15) is 60.0 Å². The van der Waals surface area contributed by atoms with Gasteiger partial charge in [-0.1, -0.05) is 53.0 Å². The monoisotopic (exact) mass is 1230 g/mol. The van der Waals surface area contributed by atoms with Crippen molar-refractivity contribution >= 4 is 76.2 Å². The van der Waals surface area contributed by atoms with Crippen molar-refractivity contribution in [2.45, 2.75) is 54.8 Å². The number of fused-ring (bicyclic) bond motifs is 14. The van der Waals surface area contributed by atoms with Crippen LogP contribution in [0.2, 0.25) is 15.1 Å². The molecule has 0 saturated carbocycles. The lowest BCUT2D eigenvalue weighted by Gasteiger charge is -2.31. The number of ether oxygens (including phenoxy) is 3. The summed E-state index contributed by atoms with van der Waals surface area (Å²) < 4.78 is 18.4. The Morgan fingerprint density at radius 1 is 0.488 bits per heavy atom. The van der Waals surface area contributed by atoms with Crippen molar-refractivity contribution < 1.29 is 88.6 Å². The third-order valence-corrected chi connectivity index (χ3v) is 15.4. The number of carbonyl (C=O) groups is 7. The average molecular weight is 1230 g/mol. The van der Waals surface area contributed by atoms with Gasteiger partial charge in [-0.2, -0.15) is 0 Å². The van der Waals surface area contributed by atoms with E-state index in [1.54, 1.807) is 0 Å². The zero-order valence-electron chi connectivity index (χ0n) is 43.6. The van der Waals surface area contributed by atoms with Gasteiger partial charge in [-0.25, -0.2) is 4.79 Å². The van der Waals surface area contributed by atoms with Gasteiger partial charge >= 0.3 is 5.97 Å². The number of hydrogen-bond donors (Lipinski definition) is 15. The van der Waals surface area contributed by atoms with E-state index in [1.165, 1.54) is 54.6 Å². The Kier molecular flexibility index (Phi) is 15.0. The molecule has 28 heteroatoms. The molecule has 6 aliphatic rings. The van der Waals surface area contributed by atoms with Crippen LogP contribution in [0, 0.1) is 0 Å². The number of halogens is 3. The summed E-state index contributed by atoms with van der Waals surface area (Å²) in [5.74, 6) is -15.5. The fraction of sp³-hybridized carbons (Fsp3) is 0.155. The van der Waals surface area contributed by atoms with Gasteiger partial charge in [0.25, 0.3) is 0 Å². The van der Waals surface area contributed by atoms with Crippen LogP contribution in [-0.4, -0.2) is 94.3 Å². The molecule has 8 atom stereocenters. The molecule has 0 fully saturated rings. The van der Waals surface area contributed by atoms with Crippen LogP contribution >= 0.6 is 34.8 Å². The highest BCUT2D eigenvalue weighted by molar-refractivity contribution is 6.33. The van der Waals surface area contributed by atoms with Crippen LogP contribution < -0.4 is 51.8 Å². The lowest BCUT2D eigenvalue weighted by Crippen LogP contribution is -2.55. The van der Waals surface area contributed by atoms with Crippen LogP contribution in [0.4, 0.5) is 0 Å². The maximum Gasteiger partial charge on any atom is 0.330 e. The Bertz CT molecular complexity index is 4090. The largest absolute Gasteiger partial charge is 0.508 e. The zero-order valence-corrected chi connectivity index (χ0v) is 45.9. The van der Waals surface area contributed by atoms with Gasteiger partial charge in [0.1, 0.15) is 82.6 Å². The highest BCUT2D eigenvalue weighted by atomic mass is 35.5. The molecule has 0 aromatic heterocycles. The number of rotatable bonds is 1. The molecular weight excluding hydrogens is 1190 g/mol. The maximum absolute atomic E-state index is 15.7. The Hall–Kier alpha value is -10.2. The van der Waals surface area contributed by atoms with E-state index in [0.717, 1.165) is 54.6 Å². The number of nitrogens with one attached hydrogen (secondary N) is 6. The predicted octanol–water partition coefficient (Wildman–Crippen LogP) is 5.64. The van der Waals surface area contributed by atoms with E-state index in [4.69, 9.17) is 54.7 Å². The lowest BCUT2D eigenvalue weighted by atomic mass is 9.89. The Balaban J connectivity index is 1.15. The first-order valence-electron chi connectivity index (χ1n) is 25.6. The standard InChI is InChI=1S/C58H44Cl3N7O18/c59-31-7-20-1-5-37(31)85-40-15-25-16-41(51(40)75)86-38-6-3-22(12-32(38)60)49(73)48-57(81)67-47(58(82)83)29-18-27(70)19-36(72)42(29)30-11-24(13-33(61)50(30)74)45(56(80)68-48)65-55(79)46(25)66-54(78)44-23-9-26(69)17-28(10-23)84-39-14-21(2-4-35(39)71)43(62)53(77)63-34(8-20)52(76)64-44/h1-7,9-19,34,43-49,69-75H,8,62H2,(H,63,77)(H,64,76)(H,65,79)(H,66,78)(H,67,81)(H,68,80)(H,82,83)/t34-,43-,44+,45-,46-,47?,48+,49-/m1/s1. The van der Waals surface area contributed by atoms with Crippen LogP contribution in [0.5, 0.6) is 69.0 Å². The molecule has 1 unspecified atom stereocenters. The van der Waals surface area contributed by atoms with Gasteiger partial charge in [0.2, 0.25) is 41.2 Å². The minimum atomic E-state index is -2.23. The van der Waals surface area contributed by atoms with Gasteiger partial charge in [-0.3, -0.25) is 28.8 Å². The second-order valence-electron chi connectivity index (χ2n) is 20.2. The van der Waals surface area contributed by atoms with E-state index in [-0.39, 0.29) is 61.7 Å². The average Bonchev–Trinajstić information content (AvgIpc) is 3.02. The lowest BCUT2D eigenvalue weighted by molar-refractivity contribution is -0.143. The predicted molar refractivity (Wildman–Crippen MR) is 300 cm³/mol. The first-order chi connectivity index (χ1) is 40.9. The number of aliphatic hydroxyl groups is 1. The highest BCUT2D eigenvalue weighted by Gasteiger charge is 2.41. The second kappa shape index (κ2) is 22.4. The molecule has 86 heavy (non-hydrogen) atoms. The number of nitrogens with two attached hydrogens (primary N) is 1. The fourth-order valence-electron chi connectivity index (χ4n) is 10.3. The summed E-state index contributed by atoms with van der Waals surface area (Å²) in [6.07, 6.45) is -2.51. The van der Waals surface area contributed by atoms with Crippen LogP contribution in [0.15, 0.2) is 109 Å². The van der Waals surface area contributed by atoms with Gasteiger partial charge in [0.15, 0.2) is 29.0 Å². The maximum atomic E-state index is 15.7. The zero-order chi connectivity index (χ0) is 61.3. The van der Waals surface area contributed by atoms with Gasteiger partial charge in [-0.15, -0.1) is 0 Å². The highest BCUT2D eigenvalue weighted by Crippen LogP contribution is 2.49. The summed E-state index contributed by atoms with van der Waals surface area (Å²) in [6, 6.07) is 6.46. The van der Waals surface area contributed by atoms with Gasteiger partial charge in [0, 0.05) is 35.2 Å². The number of aromatic hydroxyl groups is 6. The molecule has 7 aromatic rings. The number of carbonyl (C=O) groups excluding carboxylic acids is 6. The minimum absolute atomic E-state index is 0.113. The molecule has 6 amide bonds. The molecule has 0 spiro atoms. The van der Waals surface area contributed by atoms with Crippen molar-refractivity contribution in [1.29, 1.82) is 0 Å². The molecule has 0 saturated heterocycles. The summed E-state index contributed by atoms with van der Waals surface area (Å²) >= 11 is 20.3. The molecule has 6 aliphatic heterocycles. The molecule has 0 radical (unpaired) electrons. The van der Waals surface area contributed by atoms with E-state index >= 15 is 14.4 Å². The topological polar surface area (TPSA) is 407 Å². The molecule has 7 aromatic carbocycles. The molecule has 16 N–H and O–H groups in total. The summed E-state index contributed by atoms with van der Waals surface area (Å²) in [5.41, 5.74) is 3.97. The number of aliphatic hydroxyl groups excluding tert-OH is 1. The summed E-state index contributed by atoms with van der Waals surface area (Å²) in [4.78, 5) is 103. The number of amides is 6. The van der Waals surface area contributed by atoms with Crippen molar-refractivity contribution in [2.75, 3.05) is 0 Å². The SMILES string of the molecule is N[C@H]1C(=O)N[C@@H]2Cc3ccc(c(Cl)c3)Oc3cc4cc(c3O)Oc3ccc(cc3Cl)[C@@H](O)[C@@H]3NC(=O)[C@H](NC(=O)[C@@H]4NC(=O)[C@@H](NC2=O)c2cc(O)cc(c2)Oc2cc1ccc2O)c1cc(Cl)c(O)c(c1)-c1c(O)cc(O)cc1C(C(=O)O)NC3=O. The van der Waals surface area contributed by atoms with Crippen molar-refractivity contribution in [3.05, 3.63) is 163 Å². The number of aliphatic carboxylic acids is 1. The van der Waals surface area contributed by atoms with Gasteiger partial charge in [-0.05, 0) is 112 Å². The van der Waals surface area contributed by atoms with E-state index in [0.29, 0.717) is 5.56 Å². The van der Waals surface area contributed by atoms with E-state index in [2.05, 4.69) is 31.9 Å². The molecule has 6 heterocycles. The normalized spacial score (nSPS) is 21.9. The quantitative estimate of drug-likeness (QED) is 0.0945. The number of carboxylic acids is 1. The Labute approximate surface area is 498 Å². The second-order valence-corrected chi connectivity index (χ2v) is 21.4. The molecule has 13 rings (SSSR count). The van der Waals surface area contributed by atoms with Crippen molar-refractivity contribution in [3.8, 4) is 80.1 Å². The molecule has 440 valence electrons. The number of phenols is 6. The first-order valence-corrected chi connectivity index (χ1v) is 26.8. The van der Waals surface area contributed by atoms with Crippen LogP contribution in [0.1, 0.15) is 75.3 Å². The van der Waals surface area contributed by atoms with Crippen LogP contribution in [0.25, 0.3) is 11.1 Å². The van der Waals surface area contributed by atoms with Crippen LogP contribution in [0.3, 0.4) is 0 Å². The van der Waals surface area contributed by atoms with Crippen molar-refractivity contribution in [1.82, 2.24) is 31.9 Å². The molecule has 0 aliphatic carbocycles. The van der Waals surface area contributed by atoms with Crippen LogP contribution in [-0.2, 0) is 40.0 Å². The number of carboxylic acid groups (broad SMARTS) is 1. The first kappa shape index (κ1) is 57.6. The van der Waals surface area contributed by atoms with E-state index in [1.807, 2.05) is 0 Å². The third-order valence-electron chi connectivity index (χ3n) is 14.5. The smallest absolute Gasteiger partial charge is 0.330 e. The molecular formula is C58H44Cl3N7O18. The summed E-state index contributed by atoms with van der Waals surface area (Å²) in [6.45, 7) is 0. The Morgan fingerprint density at radius 3 is 1.71 bits per heavy atom. The molecule has 25 nitrogen and oxygen atoms in total. The van der Waals surface area contributed by atoms with Crippen molar-refractivity contribution in [3.63, 3.8) is 0 Å².